The van der Waals surface area contributed by atoms with Crippen molar-refractivity contribution in [2.24, 2.45) is 0 Å². The molecule has 0 aliphatic carbocycles. The molecule has 1 aliphatic rings. The minimum atomic E-state index is -0.269. The number of hydrogen-bond donors (Lipinski definition) is 2. The van der Waals surface area contributed by atoms with E-state index in [1.807, 2.05) is 31.2 Å². The highest BCUT2D eigenvalue weighted by Crippen LogP contribution is 2.32. The molecule has 2 aromatic carbocycles. The summed E-state index contributed by atoms with van der Waals surface area (Å²) >= 11 is 0. The lowest BCUT2D eigenvalue weighted by molar-refractivity contribution is 0.214. The predicted molar refractivity (Wildman–Crippen MR) is 118 cm³/mol. The Labute approximate surface area is 185 Å². The van der Waals surface area contributed by atoms with Gasteiger partial charge in [0.2, 0.25) is 5.88 Å². The van der Waals surface area contributed by atoms with Gasteiger partial charge in [0, 0.05) is 29.9 Å². The Morgan fingerprint density at radius 2 is 1.88 bits per heavy atom. The molecule has 2 N–H and O–H groups in total. The van der Waals surface area contributed by atoms with E-state index >= 15 is 0 Å². The molecule has 0 spiro atoms. The number of hydrogen-bond acceptors (Lipinski definition) is 7. The first-order valence-corrected chi connectivity index (χ1v) is 9.88. The number of aromatic nitrogens is 1. The van der Waals surface area contributed by atoms with Crippen LogP contribution in [-0.2, 0) is 6.61 Å². The molecule has 3 aromatic rings. The van der Waals surface area contributed by atoms with Gasteiger partial charge in [-0.3, -0.25) is 0 Å². The average molecular weight is 430 g/mol. The zero-order chi connectivity index (χ0) is 22.7. The summed E-state index contributed by atoms with van der Waals surface area (Å²) in [6, 6.07) is 18.4. The number of aryl methyl sites for hydroxylation is 1. The van der Waals surface area contributed by atoms with Gasteiger partial charge in [-0.05, 0) is 31.2 Å². The van der Waals surface area contributed by atoms with E-state index in [2.05, 4.69) is 22.1 Å². The normalized spacial score (nSPS) is 13.2. The second-order valence-electron chi connectivity index (χ2n) is 7.09. The molecule has 1 aliphatic heterocycles. The number of ether oxygens (including phenoxy) is 2. The van der Waals surface area contributed by atoms with Crippen LogP contribution in [0.5, 0.6) is 11.6 Å². The summed E-state index contributed by atoms with van der Waals surface area (Å²) in [7, 11) is 3.18. The van der Waals surface area contributed by atoms with Gasteiger partial charge in [0.05, 0.1) is 30.0 Å². The van der Waals surface area contributed by atoms with Crippen molar-refractivity contribution in [3.05, 3.63) is 71.4 Å². The van der Waals surface area contributed by atoms with Gasteiger partial charge in [0.15, 0.2) is 0 Å². The number of pyridine rings is 1. The van der Waals surface area contributed by atoms with Crippen LogP contribution in [-0.4, -0.2) is 30.2 Å². The number of methoxy groups -OCH3 is 1. The molecule has 0 saturated carbocycles. The summed E-state index contributed by atoms with van der Waals surface area (Å²) in [5, 5.41) is 12.1. The Hall–Kier alpha value is -4.13. The number of rotatable bonds is 6. The molecular weight excluding hydrogens is 408 g/mol. The van der Waals surface area contributed by atoms with Crippen molar-refractivity contribution in [2.45, 2.75) is 13.5 Å². The second-order valence-corrected chi connectivity index (χ2v) is 7.09. The molecule has 1 aromatic heterocycles. The third kappa shape index (κ3) is 3.92. The van der Waals surface area contributed by atoms with E-state index < -0.39 is 0 Å². The van der Waals surface area contributed by atoms with Gasteiger partial charge < -0.3 is 9.47 Å². The van der Waals surface area contributed by atoms with Gasteiger partial charge in [-0.15, -0.1) is 11.1 Å². The minimum absolute atomic E-state index is 0.134. The molecule has 0 bridgehead atoms. The molecule has 9 nitrogen and oxygen atoms in total. The SMILES string of the molecule is COc1cccc(N2NNN(C)C2=O)c1COc1ccc(-c2ccccc2C#N)c(C)n1. The van der Waals surface area contributed by atoms with E-state index in [9.17, 15) is 10.1 Å². The third-order valence-corrected chi connectivity index (χ3v) is 5.14. The smallest absolute Gasteiger partial charge is 0.355 e. The Kier molecular flexibility index (Phi) is 5.89. The minimum Gasteiger partial charge on any atom is -0.496 e. The fourth-order valence-electron chi connectivity index (χ4n) is 3.50. The Bertz CT molecular complexity index is 1210. The molecule has 1 fully saturated rings. The van der Waals surface area contributed by atoms with Crippen molar-refractivity contribution in [2.75, 3.05) is 19.2 Å². The van der Waals surface area contributed by atoms with Crippen LogP contribution in [0.3, 0.4) is 0 Å². The van der Waals surface area contributed by atoms with Crippen molar-refractivity contribution in [3.63, 3.8) is 0 Å². The molecule has 2 heterocycles. The molecule has 9 heteroatoms. The van der Waals surface area contributed by atoms with Crippen LogP contribution in [0.15, 0.2) is 54.6 Å². The predicted octanol–water partition coefficient (Wildman–Crippen LogP) is 3.31. The van der Waals surface area contributed by atoms with Crippen LogP contribution in [0.1, 0.15) is 16.8 Å². The van der Waals surface area contributed by atoms with Crippen molar-refractivity contribution < 1.29 is 14.3 Å². The number of nitrogens with zero attached hydrogens (tertiary/aromatic N) is 4. The van der Waals surface area contributed by atoms with Crippen LogP contribution in [0.2, 0.25) is 0 Å². The molecule has 4 rings (SSSR count). The maximum Gasteiger partial charge on any atom is 0.355 e. The number of carbonyl (C=O) groups is 1. The van der Waals surface area contributed by atoms with E-state index in [1.54, 1.807) is 44.5 Å². The highest BCUT2D eigenvalue weighted by molar-refractivity contribution is 5.93. The number of hydrazine groups is 3. The van der Waals surface area contributed by atoms with Crippen LogP contribution >= 0.6 is 0 Å². The number of urea groups is 1. The Balaban J connectivity index is 1.60. The average Bonchev–Trinajstić information content (AvgIpc) is 3.15. The van der Waals surface area contributed by atoms with Gasteiger partial charge in [-0.25, -0.2) is 19.8 Å². The number of benzene rings is 2. The summed E-state index contributed by atoms with van der Waals surface area (Å²) in [6.07, 6.45) is 0. The summed E-state index contributed by atoms with van der Waals surface area (Å²) in [5.74, 6) is 1.01. The summed E-state index contributed by atoms with van der Waals surface area (Å²) in [5.41, 5.74) is 9.87. The summed E-state index contributed by atoms with van der Waals surface area (Å²) in [4.78, 5) is 17.0. The maximum atomic E-state index is 12.4. The lowest BCUT2D eigenvalue weighted by atomic mass is 9.99. The van der Waals surface area contributed by atoms with Crippen molar-refractivity contribution in [1.82, 2.24) is 21.1 Å². The third-order valence-electron chi connectivity index (χ3n) is 5.14. The molecule has 0 unspecified atom stereocenters. The van der Waals surface area contributed by atoms with E-state index in [0.29, 0.717) is 28.4 Å². The zero-order valence-corrected chi connectivity index (χ0v) is 17.9. The number of amides is 2. The van der Waals surface area contributed by atoms with Crippen molar-refractivity contribution in [1.29, 1.82) is 5.26 Å². The van der Waals surface area contributed by atoms with Gasteiger partial charge in [-0.1, -0.05) is 24.3 Å². The molecule has 1 saturated heterocycles. The number of anilines is 1. The Morgan fingerprint density at radius 3 is 2.56 bits per heavy atom. The fourth-order valence-corrected chi connectivity index (χ4v) is 3.50. The lowest BCUT2D eigenvalue weighted by Crippen LogP contribution is -2.38. The van der Waals surface area contributed by atoms with Crippen LogP contribution in [0.4, 0.5) is 10.5 Å². The second kappa shape index (κ2) is 8.93. The lowest BCUT2D eigenvalue weighted by Gasteiger charge is -2.20. The first-order valence-electron chi connectivity index (χ1n) is 9.88. The monoisotopic (exact) mass is 430 g/mol. The highest BCUT2D eigenvalue weighted by Gasteiger charge is 2.29. The zero-order valence-electron chi connectivity index (χ0n) is 17.9. The van der Waals surface area contributed by atoms with E-state index in [4.69, 9.17) is 9.47 Å². The van der Waals surface area contributed by atoms with Gasteiger partial charge >= 0.3 is 6.03 Å². The van der Waals surface area contributed by atoms with Gasteiger partial charge in [0.1, 0.15) is 12.4 Å². The summed E-state index contributed by atoms with van der Waals surface area (Å²) < 4.78 is 11.5. The molecule has 32 heavy (non-hydrogen) atoms. The first kappa shape index (κ1) is 21.1. The number of nitrogens with one attached hydrogen (secondary N) is 2. The molecule has 0 radical (unpaired) electrons. The van der Waals surface area contributed by atoms with E-state index in [-0.39, 0.29) is 12.6 Å². The molecule has 0 atom stereocenters. The molecule has 2 amide bonds. The first-order chi connectivity index (χ1) is 15.5. The quantitative estimate of drug-likeness (QED) is 0.618. The van der Waals surface area contributed by atoms with Crippen molar-refractivity contribution >= 4 is 11.7 Å². The van der Waals surface area contributed by atoms with E-state index in [1.165, 1.54) is 10.0 Å². The van der Waals surface area contributed by atoms with Gasteiger partial charge in [0.25, 0.3) is 0 Å². The summed E-state index contributed by atoms with van der Waals surface area (Å²) in [6.45, 7) is 2.01. The molecular formula is C23H22N6O3. The highest BCUT2D eigenvalue weighted by atomic mass is 16.5. The topological polar surface area (TPSA) is 103 Å². The molecule has 162 valence electrons. The van der Waals surface area contributed by atoms with Crippen molar-refractivity contribution in [3.8, 4) is 28.8 Å². The standard InChI is InChI=1S/C23H22N6O3/c1-15-17(18-8-5-4-7-16(18)13-24)11-12-22(25-15)32-14-19-20(9-6-10-21(19)31-3)29-23(30)28(2)26-27-29/h4-12,26-27H,14H2,1-3H3. The fraction of sp³-hybridized carbons (Fsp3) is 0.174. The van der Waals surface area contributed by atoms with Crippen LogP contribution < -0.4 is 25.6 Å². The number of nitriles is 1. The van der Waals surface area contributed by atoms with Crippen LogP contribution in [0, 0.1) is 18.3 Å². The van der Waals surface area contributed by atoms with Gasteiger partial charge in [-0.2, -0.15) is 5.26 Å². The Morgan fingerprint density at radius 1 is 1.06 bits per heavy atom. The van der Waals surface area contributed by atoms with E-state index in [0.717, 1.165) is 16.8 Å². The maximum absolute atomic E-state index is 12.4. The number of carbonyl (C=O) groups excluding carboxylic acids is 1. The van der Waals surface area contributed by atoms with Crippen LogP contribution in [0.25, 0.3) is 11.1 Å². The largest absolute Gasteiger partial charge is 0.496 e.